The third-order valence-corrected chi connectivity index (χ3v) is 5.49. The molecule has 3 aromatic rings. The molecule has 0 atom stereocenters. The van der Waals surface area contributed by atoms with Gasteiger partial charge in [0.05, 0.1) is 6.26 Å². The van der Waals surface area contributed by atoms with E-state index < -0.39 is 11.8 Å². The summed E-state index contributed by atoms with van der Waals surface area (Å²) in [5.41, 5.74) is 1.91. The van der Waals surface area contributed by atoms with E-state index in [1.54, 1.807) is 21.9 Å². The van der Waals surface area contributed by atoms with E-state index in [0.717, 1.165) is 11.1 Å². The van der Waals surface area contributed by atoms with Crippen molar-refractivity contribution >= 4 is 17.7 Å². The highest BCUT2D eigenvalue weighted by atomic mass is 16.3. The fourth-order valence-corrected chi connectivity index (χ4v) is 3.75. The quantitative estimate of drug-likeness (QED) is 0.583. The van der Waals surface area contributed by atoms with Crippen LogP contribution in [-0.4, -0.2) is 58.6 Å². The molecule has 3 amide bonds. The molecule has 0 radical (unpaired) electrons. The van der Waals surface area contributed by atoms with Crippen LogP contribution in [0.25, 0.3) is 0 Å². The van der Waals surface area contributed by atoms with Crippen LogP contribution in [-0.2, 0) is 22.7 Å². The van der Waals surface area contributed by atoms with E-state index >= 15 is 0 Å². The predicted molar refractivity (Wildman–Crippen MR) is 118 cm³/mol. The number of carbonyl (C=O) groups is 3. The molecule has 1 aromatic heterocycles. The highest BCUT2D eigenvalue weighted by Crippen LogP contribution is 2.14. The van der Waals surface area contributed by atoms with Crippen molar-refractivity contribution in [2.45, 2.75) is 13.1 Å². The number of nitrogens with zero attached hydrogens (tertiary/aromatic N) is 3. The summed E-state index contributed by atoms with van der Waals surface area (Å²) in [4.78, 5) is 43.4. The molecule has 1 saturated heterocycles. The molecule has 0 spiro atoms. The Labute approximate surface area is 186 Å². The maximum atomic E-state index is 13.2. The van der Waals surface area contributed by atoms with Crippen molar-refractivity contribution < 1.29 is 18.8 Å². The number of amides is 3. The van der Waals surface area contributed by atoms with Crippen molar-refractivity contribution in [3.8, 4) is 0 Å². The van der Waals surface area contributed by atoms with E-state index in [1.165, 1.54) is 11.2 Å². The largest absolute Gasteiger partial charge is 0.459 e. The lowest BCUT2D eigenvalue weighted by Crippen LogP contribution is -2.54. The minimum absolute atomic E-state index is 0.205. The van der Waals surface area contributed by atoms with Crippen molar-refractivity contribution in [1.82, 2.24) is 14.7 Å². The average Bonchev–Trinajstić information content (AvgIpc) is 3.39. The molecule has 2 heterocycles. The molecule has 2 aromatic carbocycles. The lowest BCUT2D eigenvalue weighted by Gasteiger charge is -2.35. The van der Waals surface area contributed by atoms with Crippen molar-refractivity contribution in [3.05, 3.63) is 95.9 Å². The predicted octanol–water partition coefficient (Wildman–Crippen LogP) is 2.79. The van der Waals surface area contributed by atoms with Crippen LogP contribution in [0.5, 0.6) is 0 Å². The molecular weight excluding hydrogens is 406 g/mol. The third-order valence-electron chi connectivity index (χ3n) is 5.49. The van der Waals surface area contributed by atoms with Gasteiger partial charge in [0.1, 0.15) is 0 Å². The first kappa shape index (κ1) is 21.4. The van der Waals surface area contributed by atoms with E-state index in [-0.39, 0.29) is 11.7 Å². The molecule has 1 aliphatic rings. The number of piperazine rings is 1. The molecule has 32 heavy (non-hydrogen) atoms. The van der Waals surface area contributed by atoms with E-state index in [9.17, 15) is 14.4 Å². The van der Waals surface area contributed by atoms with Crippen LogP contribution < -0.4 is 0 Å². The van der Waals surface area contributed by atoms with Gasteiger partial charge in [-0.15, -0.1) is 0 Å². The summed E-state index contributed by atoms with van der Waals surface area (Å²) < 4.78 is 5.17. The van der Waals surface area contributed by atoms with Gasteiger partial charge in [0, 0.05) is 39.3 Å². The van der Waals surface area contributed by atoms with Gasteiger partial charge in [-0.05, 0) is 23.3 Å². The average molecular weight is 431 g/mol. The fraction of sp³-hybridized carbons (Fsp3) is 0.240. The van der Waals surface area contributed by atoms with Gasteiger partial charge < -0.3 is 19.1 Å². The molecule has 0 unspecified atom stereocenters. The lowest BCUT2D eigenvalue weighted by molar-refractivity contribution is -0.153. The summed E-state index contributed by atoms with van der Waals surface area (Å²) in [6, 6.07) is 22.5. The first-order valence-corrected chi connectivity index (χ1v) is 10.6. The number of hydrogen-bond donors (Lipinski definition) is 0. The number of furan rings is 1. The smallest absolute Gasteiger partial charge is 0.312 e. The Hall–Kier alpha value is -3.87. The molecule has 7 heteroatoms. The molecular formula is C25H25N3O4. The molecule has 0 saturated carbocycles. The van der Waals surface area contributed by atoms with Crippen LogP contribution in [0, 0.1) is 0 Å². The van der Waals surface area contributed by atoms with Crippen LogP contribution in [0.2, 0.25) is 0 Å². The van der Waals surface area contributed by atoms with Crippen LogP contribution in [0.15, 0.2) is 83.5 Å². The minimum Gasteiger partial charge on any atom is -0.459 e. The van der Waals surface area contributed by atoms with E-state index in [2.05, 4.69) is 0 Å². The molecule has 0 N–H and O–H groups in total. The highest BCUT2D eigenvalue weighted by molar-refractivity contribution is 6.34. The zero-order valence-corrected chi connectivity index (χ0v) is 17.7. The monoisotopic (exact) mass is 431 g/mol. The topological polar surface area (TPSA) is 74.1 Å². The van der Waals surface area contributed by atoms with Crippen LogP contribution in [0.3, 0.4) is 0 Å². The number of rotatable bonds is 5. The van der Waals surface area contributed by atoms with Gasteiger partial charge in [-0.3, -0.25) is 14.4 Å². The second-order valence-corrected chi connectivity index (χ2v) is 7.69. The summed E-state index contributed by atoms with van der Waals surface area (Å²) >= 11 is 0. The van der Waals surface area contributed by atoms with Crippen molar-refractivity contribution in [2.24, 2.45) is 0 Å². The Balaban J connectivity index is 1.42. The summed E-state index contributed by atoms with van der Waals surface area (Å²) in [7, 11) is 0. The standard InChI is InChI=1S/C25H25N3O4/c29-23(22-12-7-17-32-22)26-13-15-27(16-14-26)24(30)25(31)28(18-20-8-3-1-4-9-20)19-21-10-5-2-6-11-21/h1-12,17H,13-16,18-19H2. The van der Waals surface area contributed by atoms with Gasteiger partial charge in [-0.1, -0.05) is 60.7 Å². The Kier molecular flexibility index (Phi) is 6.65. The van der Waals surface area contributed by atoms with Gasteiger partial charge >= 0.3 is 11.8 Å². The zero-order valence-electron chi connectivity index (χ0n) is 17.7. The Bertz CT molecular complexity index is 1000. The second-order valence-electron chi connectivity index (χ2n) is 7.69. The van der Waals surface area contributed by atoms with Crippen molar-refractivity contribution in [2.75, 3.05) is 26.2 Å². The molecule has 1 fully saturated rings. The van der Waals surface area contributed by atoms with Crippen LogP contribution in [0.4, 0.5) is 0 Å². The fourth-order valence-electron chi connectivity index (χ4n) is 3.75. The third kappa shape index (κ3) is 5.06. The second kappa shape index (κ2) is 9.96. The van der Waals surface area contributed by atoms with Crippen LogP contribution in [0.1, 0.15) is 21.7 Å². The summed E-state index contributed by atoms with van der Waals surface area (Å²) in [6.07, 6.45) is 1.46. The minimum atomic E-state index is -0.540. The van der Waals surface area contributed by atoms with E-state index in [4.69, 9.17) is 4.42 Å². The van der Waals surface area contributed by atoms with Crippen LogP contribution >= 0.6 is 0 Å². The maximum absolute atomic E-state index is 13.2. The normalized spacial score (nSPS) is 13.6. The summed E-state index contributed by atoms with van der Waals surface area (Å²) in [6.45, 7) is 2.02. The summed E-state index contributed by atoms with van der Waals surface area (Å²) in [5, 5.41) is 0. The molecule has 4 rings (SSSR count). The lowest BCUT2D eigenvalue weighted by atomic mass is 10.1. The van der Waals surface area contributed by atoms with Gasteiger partial charge in [-0.2, -0.15) is 0 Å². The van der Waals surface area contributed by atoms with E-state index in [0.29, 0.717) is 39.3 Å². The number of hydrogen-bond acceptors (Lipinski definition) is 4. The van der Waals surface area contributed by atoms with Gasteiger partial charge in [0.25, 0.3) is 5.91 Å². The molecule has 7 nitrogen and oxygen atoms in total. The number of benzene rings is 2. The SMILES string of the molecule is O=C(C(=O)N(Cc1ccccc1)Cc1ccccc1)N1CCN(C(=O)c2ccco2)CC1. The van der Waals surface area contributed by atoms with Crippen molar-refractivity contribution in [3.63, 3.8) is 0 Å². The summed E-state index contributed by atoms with van der Waals surface area (Å²) in [5.74, 6) is -1.01. The molecule has 0 bridgehead atoms. The maximum Gasteiger partial charge on any atom is 0.312 e. The highest BCUT2D eigenvalue weighted by Gasteiger charge is 2.31. The Morgan fingerprint density at radius 1 is 0.719 bits per heavy atom. The Morgan fingerprint density at radius 3 is 1.75 bits per heavy atom. The van der Waals surface area contributed by atoms with E-state index in [1.807, 2.05) is 60.7 Å². The number of carbonyl (C=O) groups excluding carboxylic acids is 3. The van der Waals surface area contributed by atoms with Gasteiger partial charge in [-0.25, -0.2) is 0 Å². The first-order chi connectivity index (χ1) is 15.6. The molecule has 1 aliphatic heterocycles. The van der Waals surface area contributed by atoms with Gasteiger partial charge in [0.15, 0.2) is 5.76 Å². The Morgan fingerprint density at radius 2 is 1.25 bits per heavy atom. The zero-order chi connectivity index (χ0) is 22.3. The molecule has 0 aliphatic carbocycles. The van der Waals surface area contributed by atoms with Crippen molar-refractivity contribution in [1.29, 1.82) is 0 Å². The molecule has 164 valence electrons. The first-order valence-electron chi connectivity index (χ1n) is 10.6. The van der Waals surface area contributed by atoms with Gasteiger partial charge in [0.2, 0.25) is 0 Å².